The largest absolute Gasteiger partial charge is 0.310 e. The van der Waals surface area contributed by atoms with Crippen molar-refractivity contribution in [2.45, 2.75) is 20.4 Å². The fraction of sp³-hybridized carbons (Fsp3) is 0.103. The lowest BCUT2D eigenvalue weighted by molar-refractivity contribution is 0.101. The monoisotopic (exact) mass is 419 g/mol. The maximum Gasteiger partial charge on any atom is 0.259 e. The molecule has 0 atom stereocenters. The van der Waals surface area contributed by atoms with Crippen molar-refractivity contribution >= 4 is 17.9 Å². The molecule has 3 heteroatoms. The molecule has 0 unspecified atom stereocenters. The van der Waals surface area contributed by atoms with E-state index >= 15 is 0 Å². The van der Waals surface area contributed by atoms with E-state index in [2.05, 4.69) is 0 Å². The van der Waals surface area contributed by atoms with Crippen molar-refractivity contribution in [3.63, 3.8) is 0 Å². The zero-order valence-electron chi connectivity index (χ0n) is 18.3. The van der Waals surface area contributed by atoms with E-state index in [1.165, 1.54) is 6.92 Å². The van der Waals surface area contributed by atoms with Crippen LogP contribution in [-0.2, 0) is 6.54 Å². The van der Waals surface area contributed by atoms with Crippen molar-refractivity contribution in [2.75, 3.05) is 0 Å². The molecule has 0 saturated heterocycles. The molecule has 32 heavy (non-hydrogen) atoms. The van der Waals surface area contributed by atoms with Crippen molar-refractivity contribution < 1.29 is 4.79 Å². The lowest BCUT2D eigenvalue weighted by Gasteiger charge is -2.16. The third kappa shape index (κ3) is 4.52. The van der Waals surface area contributed by atoms with Crippen LogP contribution >= 0.6 is 0 Å². The first-order valence-corrected chi connectivity index (χ1v) is 10.7. The van der Waals surface area contributed by atoms with Gasteiger partial charge in [0.05, 0.1) is 12.1 Å². The number of hydrogen-bond donors (Lipinski definition) is 0. The molecule has 0 amide bonds. The van der Waals surface area contributed by atoms with Crippen LogP contribution in [0.3, 0.4) is 0 Å². The number of aryl methyl sites for hydroxylation is 1. The predicted molar refractivity (Wildman–Crippen MR) is 132 cm³/mol. The van der Waals surface area contributed by atoms with E-state index in [4.69, 9.17) is 0 Å². The predicted octanol–water partition coefficient (Wildman–Crippen LogP) is 6.25. The normalized spacial score (nSPS) is 11.1. The number of aromatic nitrogens is 1. The summed E-state index contributed by atoms with van der Waals surface area (Å²) in [5.74, 6) is -0.0610. The van der Waals surface area contributed by atoms with Gasteiger partial charge in [0, 0.05) is 11.8 Å². The highest BCUT2D eigenvalue weighted by atomic mass is 16.1. The highest BCUT2D eigenvalue weighted by molar-refractivity contribution is 6.02. The van der Waals surface area contributed by atoms with Crippen LogP contribution in [0.15, 0.2) is 95.9 Å². The number of ketones is 1. The van der Waals surface area contributed by atoms with Crippen molar-refractivity contribution in [1.82, 2.24) is 4.57 Å². The average Bonchev–Trinajstić information content (AvgIpc) is 2.81. The minimum absolute atomic E-state index is 0.0610. The first kappa shape index (κ1) is 21.3. The number of carbonyl (C=O) groups excluding carboxylic acids is 1. The number of hydrogen-bond acceptors (Lipinski definition) is 2. The molecule has 158 valence electrons. The quantitative estimate of drug-likeness (QED) is 0.347. The number of pyridine rings is 1. The summed E-state index contributed by atoms with van der Waals surface area (Å²) >= 11 is 0. The fourth-order valence-corrected chi connectivity index (χ4v) is 3.94. The van der Waals surface area contributed by atoms with E-state index in [1.54, 1.807) is 10.6 Å². The Morgan fingerprint density at radius 2 is 1.47 bits per heavy atom. The zero-order chi connectivity index (χ0) is 22.5. The van der Waals surface area contributed by atoms with Gasteiger partial charge >= 0.3 is 0 Å². The molecular formula is C29H25NO2. The van der Waals surface area contributed by atoms with Gasteiger partial charge in [0.25, 0.3) is 5.56 Å². The summed E-state index contributed by atoms with van der Waals surface area (Å²) in [6.45, 7) is 4.01. The van der Waals surface area contributed by atoms with Crippen molar-refractivity contribution in [2.24, 2.45) is 0 Å². The van der Waals surface area contributed by atoms with Gasteiger partial charge in [-0.15, -0.1) is 0 Å². The van der Waals surface area contributed by atoms with E-state index in [0.717, 1.165) is 22.3 Å². The van der Waals surface area contributed by atoms with Crippen LogP contribution in [0.5, 0.6) is 0 Å². The van der Waals surface area contributed by atoms with Gasteiger partial charge in [-0.1, -0.05) is 97.1 Å². The Kier molecular flexibility index (Phi) is 6.27. The van der Waals surface area contributed by atoms with Crippen LogP contribution < -0.4 is 5.56 Å². The van der Waals surface area contributed by atoms with E-state index in [-0.39, 0.29) is 11.3 Å². The molecule has 4 aromatic rings. The summed E-state index contributed by atoms with van der Waals surface area (Å²) in [5, 5.41) is 0. The fourth-order valence-electron chi connectivity index (χ4n) is 3.94. The third-order valence-corrected chi connectivity index (χ3v) is 5.53. The number of Topliss-reactive ketones (excluding diaryl/α,β-unsaturated/α-hetero) is 1. The van der Waals surface area contributed by atoms with Gasteiger partial charge in [-0.2, -0.15) is 0 Å². The van der Waals surface area contributed by atoms with Crippen LogP contribution in [0, 0.1) is 6.92 Å². The SMILES string of the molecule is CC(=O)c1ccccc1-c1c(/C=C/c2ccccc2)c(C)cn(Cc2ccccc2)c1=O. The van der Waals surface area contributed by atoms with E-state index in [9.17, 15) is 9.59 Å². The van der Waals surface area contributed by atoms with Gasteiger partial charge in [-0.25, -0.2) is 0 Å². The van der Waals surface area contributed by atoms with E-state index in [0.29, 0.717) is 23.2 Å². The molecule has 1 aromatic heterocycles. The molecule has 4 rings (SSSR count). The lowest BCUT2D eigenvalue weighted by atomic mass is 9.92. The molecule has 0 aliphatic heterocycles. The molecule has 0 N–H and O–H groups in total. The number of rotatable bonds is 6. The Hall–Kier alpha value is -3.98. The second-order valence-electron chi connectivity index (χ2n) is 7.87. The summed E-state index contributed by atoms with van der Waals surface area (Å²) in [5.41, 5.74) is 5.57. The molecule has 1 heterocycles. The summed E-state index contributed by atoms with van der Waals surface area (Å²) < 4.78 is 1.73. The molecule has 0 fully saturated rings. The van der Waals surface area contributed by atoms with Gasteiger partial charge in [0.15, 0.2) is 5.78 Å². The molecule has 0 spiro atoms. The minimum atomic E-state index is -0.110. The summed E-state index contributed by atoms with van der Waals surface area (Å²) in [6.07, 6.45) is 5.88. The first-order valence-electron chi connectivity index (χ1n) is 10.7. The van der Waals surface area contributed by atoms with Gasteiger partial charge in [0.2, 0.25) is 0 Å². The summed E-state index contributed by atoms with van der Waals surface area (Å²) in [7, 11) is 0. The third-order valence-electron chi connectivity index (χ3n) is 5.53. The Bertz CT molecular complexity index is 1330. The smallest absolute Gasteiger partial charge is 0.259 e. The number of carbonyl (C=O) groups is 1. The maximum atomic E-state index is 13.8. The zero-order valence-corrected chi connectivity index (χ0v) is 18.3. The van der Waals surface area contributed by atoms with Crippen LogP contribution in [-0.4, -0.2) is 10.4 Å². The van der Waals surface area contributed by atoms with Gasteiger partial charge < -0.3 is 4.57 Å². The number of nitrogens with zero attached hydrogens (tertiary/aromatic N) is 1. The molecule has 0 aliphatic carbocycles. The van der Waals surface area contributed by atoms with Crippen LogP contribution in [0.4, 0.5) is 0 Å². The molecule has 3 nitrogen and oxygen atoms in total. The number of benzene rings is 3. The van der Waals surface area contributed by atoms with E-state index < -0.39 is 0 Å². The van der Waals surface area contributed by atoms with Crippen molar-refractivity contribution in [3.05, 3.63) is 129 Å². The first-order chi connectivity index (χ1) is 15.5. The lowest BCUT2D eigenvalue weighted by Crippen LogP contribution is -2.24. The Morgan fingerprint density at radius 3 is 2.16 bits per heavy atom. The summed E-state index contributed by atoms with van der Waals surface area (Å²) in [4.78, 5) is 26.1. The average molecular weight is 420 g/mol. The van der Waals surface area contributed by atoms with Crippen LogP contribution in [0.2, 0.25) is 0 Å². The highest BCUT2D eigenvalue weighted by Gasteiger charge is 2.18. The Labute approximate surface area is 188 Å². The van der Waals surface area contributed by atoms with Crippen LogP contribution in [0.1, 0.15) is 39.5 Å². The molecule has 0 radical (unpaired) electrons. The van der Waals surface area contributed by atoms with E-state index in [1.807, 2.05) is 104 Å². The second-order valence-corrected chi connectivity index (χ2v) is 7.87. The maximum absolute atomic E-state index is 13.8. The highest BCUT2D eigenvalue weighted by Crippen LogP contribution is 2.28. The van der Waals surface area contributed by atoms with Crippen molar-refractivity contribution in [3.8, 4) is 11.1 Å². The topological polar surface area (TPSA) is 39.1 Å². The molecule has 0 saturated carbocycles. The Morgan fingerprint density at radius 1 is 0.844 bits per heavy atom. The standard InChI is InChI=1S/C29H25NO2/c1-21-19-30(20-24-13-7-4-8-14-24)29(32)28(27-16-10-9-15-26(27)22(2)31)25(21)18-17-23-11-5-3-6-12-23/h3-19H,20H2,1-2H3/b18-17+. The van der Waals surface area contributed by atoms with Crippen LogP contribution in [0.25, 0.3) is 23.3 Å². The molecule has 0 aliphatic rings. The molecule has 0 bridgehead atoms. The summed E-state index contributed by atoms with van der Waals surface area (Å²) in [6, 6.07) is 27.2. The molecular weight excluding hydrogens is 394 g/mol. The second kappa shape index (κ2) is 9.44. The van der Waals surface area contributed by atoms with Crippen molar-refractivity contribution in [1.29, 1.82) is 0 Å². The van der Waals surface area contributed by atoms with Gasteiger partial charge in [0.1, 0.15) is 0 Å². The van der Waals surface area contributed by atoms with Gasteiger partial charge in [-0.3, -0.25) is 9.59 Å². The Balaban J connectivity index is 1.94. The molecule has 3 aromatic carbocycles. The van der Waals surface area contributed by atoms with Gasteiger partial charge in [-0.05, 0) is 41.7 Å². The minimum Gasteiger partial charge on any atom is -0.310 e.